The van der Waals surface area contributed by atoms with Crippen LogP contribution in [0.3, 0.4) is 0 Å². The molecule has 5 nitrogen and oxygen atoms in total. The fraction of sp³-hybridized carbons (Fsp3) is 0. The van der Waals surface area contributed by atoms with Crippen molar-refractivity contribution in [3.05, 3.63) is 0 Å². The minimum Gasteiger partial charge on any atom is -1.00 e. The van der Waals surface area contributed by atoms with E-state index in [4.69, 9.17) is 19.6 Å². The van der Waals surface area contributed by atoms with Gasteiger partial charge in [0.2, 0.25) is 0 Å². The Morgan fingerprint density at radius 3 is 1.11 bits per heavy atom. The molecule has 0 amide bonds. The second-order valence-corrected chi connectivity index (χ2v) is 2.25. The molecular weight excluding hydrogens is 220 g/mol. The number of rotatable bonds is 2. The van der Waals surface area contributed by atoms with Crippen LogP contribution in [0.5, 0.6) is 0 Å². The van der Waals surface area contributed by atoms with Crippen molar-refractivity contribution < 1.29 is 130 Å². The second-order valence-electron chi connectivity index (χ2n) is 0.587. The summed E-state index contributed by atoms with van der Waals surface area (Å²) in [5, 5.41) is 0. The fourth-order valence-corrected chi connectivity index (χ4v) is 0.588. The van der Waals surface area contributed by atoms with Gasteiger partial charge in [0.15, 0.2) is 0 Å². The Labute approximate surface area is 143 Å². The van der Waals surface area contributed by atoms with Crippen LogP contribution in [0, 0.1) is 0 Å². The van der Waals surface area contributed by atoms with Gasteiger partial charge in [-0.1, -0.05) is 0 Å². The van der Waals surface area contributed by atoms with Gasteiger partial charge >= 0.3 is 120 Å². The van der Waals surface area contributed by atoms with E-state index in [1.165, 1.54) is 0 Å². The summed E-state index contributed by atoms with van der Waals surface area (Å²) >= 11 is 0. The molecule has 0 saturated heterocycles. The van der Waals surface area contributed by atoms with E-state index in [9.17, 15) is 0 Å². The van der Waals surface area contributed by atoms with Crippen LogP contribution in [0.2, 0.25) is 0 Å². The van der Waals surface area contributed by atoms with E-state index >= 15 is 0 Å². The van der Waals surface area contributed by atoms with Gasteiger partial charge in [-0.3, -0.25) is 0 Å². The molecule has 0 aliphatic heterocycles. The van der Waals surface area contributed by atoms with Crippen molar-refractivity contribution in [2.45, 2.75) is 0 Å². The molecule has 0 spiro atoms. The van der Waals surface area contributed by atoms with Gasteiger partial charge in [-0.25, -0.2) is 4.31 Å². The third-order valence-corrected chi connectivity index (χ3v) is 1.31. The van der Waals surface area contributed by atoms with E-state index in [0.29, 0.717) is 0 Å². The van der Waals surface area contributed by atoms with Crippen molar-refractivity contribution in [2.75, 3.05) is 0 Å². The summed E-state index contributed by atoms with van der Waals surface area (Å²) in [5.41, 5.74) is 0. The molecule has 0 aliphatic rings. The minimum absolute atomic E-state index is 0. The normalized spacial score (nSPS) is 8.67. The molecule has 9 heteroatoms. The SMILES string of the molecule is OP(O)OP(O)O.[H-].[H-].[K+].[K+]. The van der Waals surface area contributed by atoms with Crippen molar-refractivity contribution in [3.8, 4) is 0 Å². The maximum Gasteiger partial charge on any atom is 1.00 e. The van der Waals surface area contributed by atoms with Crippen molar-refractivity contribution in [3.63, 3.8) is 0 Å². The summed E-state index contributed by atoms with van der Waals surface area (Å²) in [6.45, 7) is 0. The first kappa shape index (κ1) is 18.7. The minimum atomic E-state index is -2.61. The summed E-state index contributed by atoms with van der Waals surface area (Å²) in [6, 6.07) is 0. The zero-order chi connectivity index (χ0) is 5.86. The summed E-state index contributed by atoms with van der Waals surface area (Å²) in [4.78, 5) is 31.3. The molecule has 0 radical (unpaired) electrons. The topological polar surface area (TPSA) is 90.2 Å². The molecule has 0 aromatic carbocycles. The van der Waals surface area contributed by atoms with Gasteiger partial charge < -0.3 is 22.4 Å². The first-order chi connectivity index (χ1) is 3.13. The summed E-state index contributed by atoms with van der Waals surface area (Å²) in [7, 11) is -5.22. The Morgan fingerprint density at radius 2 is 1.11 bits per heavy atom. The van der Waals surface area contributed by atoms with Crippen LogP contribution in [0.1, 0.15) is 2.85 Å². The average molecular weight is 226 g/mol. The molecule has 0 aliphatic carbocycles. The van der Waals surface area contributed by atoms with Crippen LogP contribution in [-0.4, -0.2) is 19.6 Å². The van der Waals surface area contributed by atoms with Crippen molar-refractivity contribution in [2.24, 2.45) is 0 Å². The van der Waals surface area contributed by atoms with E-state index in [1.54, 1.807) is 0 Å². The number of hydrogen-bond donors (Lipinski definition) is 4. The molecule has 0 aromatic heterocycles. The zero-order valence-electron chi connectivity index (χ0n) is 7.09. The van der Waals surface area contributed by atoms with Gasteiger partial charge in [-0.05, 0) is 0 Å². The third kappa shape index (κ3) is 18.7. The Balaban J connectivity index is -0.0000000300. The van der Waals surface area contributed by atoms with Crippen molar-refractivity contribution >= 4 is 17.2 Å². The summed E-state index contributed by atoms with van der Waals surface area (Å²) in [5.74, 6) is 0. The molecule has 4 N–H and O–H groups in total. The van der Waals surface area contributed by atoms with E-state index in [2.05, 4.69) is 4.31 Å². The van der Waals surface area contributed by atoms with Crippen molar-refractivity contribution in [1.82, 2.24) is 0 Å². The van der Waals surface area contributed by atoms with Gasteiger partial charge in [0, 0.05) is 0 Å². The monoisotopic (exact) mass is 226 g/mol. The molecule has 0 bridgehead atoms. The van der Waals surface area contributed by atoms with E-state index < -0.39 is 17.2 Å². The molecule has 0 unspecified atom stereocenters. The summed E-state index contributed by atoms with van der Waals surface area (Å²) < 4.78 is 3.60. The molecular formula is H6K2O5P2. The van der Waals surface area contributed by atoms with Crippen molar-refractivity contribution in [1.29, 1.82) is 0 Å². The molecule has 0 rings (SSSR count). The van der Waals surface area contributed by atoms with Gasteiger partial charge in [-0.2, -0.15) is 0 Å². The maximum absolute atomic E-state index is 7.82. The Morgan fingerprint density at radius 1 is 0.889 bits per heavy atom. The van der Waals surface area contributed by atoms with Gasteiger partial charge in [0.05, 0.1) is 0 Å². The Kier molecular flexibility index (Phi) is 24.7. The molecule has 0 atom stereocenters. The van der Waals surface area contributed by atoms with Crippen LogP contribution in [0.25, 0.3) is 0 Å². The van der Waals surface area contributed by atoms with Crippen LogP contribution in [0.15, 0.2) is 0 Å². The molecule has 48 valence electrons. The molecule has 0 fully saturated rings. The van der Waals surface area contributed by atoms with E-state index in [1.807, 2.05) is 0 Å². The van der Waals surface area contributed by atoms with Crippen LogP contribution < -0.4 is 103 Å². The number of hydrogen-bond acceptors (Lipinski definition) is 5. The average Bonchev–Trinajstić information content (AvgIpc) is 1.27. The predicted octanol–water partition coefficient (Wildman–Crippen LogP) is -6.34. The largest absolute Gasteiger partial charge is 1.00 e. The van der Waals surface area contributed by atoms with Crippen LogP contribution in [0.4, 0.5) is 0 Å². The predicted molar refractivity (Wildman–Crippen MR) is 26.0 cm³/mol. The van der Waals surface area contributed by atoms with Crippen LogP contribution >= 0.6 is 17.2 Å². The summed E-state index contributed by atoms with van der Waals surface area (Å²) in [6.07, 6.45) is 0. The Bertz CT molecular complexity index is 49.7. The van der Waals surface area contributed by atoms with E-state index in [-0.39, 0.29) is 106 Å². The van der Waals surface area contributed by atoms with Gasteiger partial charge in [0.25, 0.3) is 0 Å². The third-order valence-electron chi connectivity index (χ3n) is 0.146. The molecule has 9 heavy (non-hydrogen) atoms. The first-order valence-corrected chi connectivity index (χ1v) is 3.50. The first-order valence-electron chi connectivity index (χ1n) is 1.17. The fourth-order valence-electron chi connectivity index (χ4n) is 0.0653. The zero-order valence-corrected chi connectivity index (χ0v) is 13.1. The van der Waals surface area contributed by atoms with E-state index in [0.717, 1.165) is 0 Å². The molecule has 0 saturated carbocycles. The maximum atomic E-state index is 7.82. The second kappa shape index (κ2) is 11.9. The molecule has 0 aromatic rings. The molecule has 0 heterocycles. The van der Waals surface area contributed by atoms with Gasteiger partial charge in [-0.15, -0.1) is 0 Å². The smallest absolute Gasteiger partial charge is 1.00 e. The Hall–Kier alpha value is 3.93. The quantitative estimate of drug-likeness (QED) is 0.278. The standard InChI is InChI=1S/2K.H4O5P2.2H/c;;1-6(2)5-7(3)4;;/h;;1-4H;;/q2*+1;;2*-1. The van der Waals surface area contributed by atoms with Crippen LogP contribution in [-0.2, 0) is 4.31 Å². The van der Waals surface area contributed by atoms with Gasteiger partial charge in [0.1, 0.15) is 0 Å².